The van der Waals surface area contributed by atoms with Crippen molar-refractivity contribution in [1.29, 1.82) is 0 Å². The summed E-state index contributed by atoms with van der Waals surface area (Å²) in [5, 5.41) is 21.7. The lowest BCUT2D eigenvalue weighted by Gasteiger charge is -2.63. The van der Waals surface area contributed by atoms with E-state index < -0.39 is 11.7 Å². The molecule has 1 aromatic heterocycles. The van der Waals surface area contributed by atoms with E-state index in [0.717, 1.165) is 25.0 Å². The fraction of sp³-hybridized carbons (Fsp3) is 0.854. The Morgan fingerprint density at radius 3 is 2.57 bits per heavy atom. The van der Waals surface area contributed by atoms with Gasteiger partial charge in [-0.05, 0) is 135 Å². The van der Waals surface area contributed by atoms with Crippen molar-refractivity contribution in [2.24, 2.45) is 50.7 Å². The number of pyridine rings is 1. The van der Waals surface area contributed by atoms with Crippen molar-refractivity contribution in [3.63, 3.8) is 0 Å². The van der Waals surface area contributed by atoms with Crippen LogP contribution < -0.4 is 0 Å². The van der Waals surface area contributed by atoms with Gasteiger partial charge in [0.25, 0.3) is 0 Å². The number of aliphatic hydroxyl groups is 2. The summed E-state index contributed by atoms with van der Waals surface area (Å²) in [6.07, 6.45) is 11.4. The molecule has 5 saturated carbocycles. The van der Waals surface area contributed by atoms with Crippen LogP contribution in [0, 0.1) is 50.7 Å². The van der Waals surface area contributed by atoms with Crippen molar-refractivity contribution in [2.45, 2.75) is 149 Å². The van der Waals surface area contributed by atoms with Crippen LogP contribution in [0.2, 0.25) is 0 Å². The molecular formula is C41H62N2O6. The predicted octanol–water partition coefficient (Wildman–Crippen LogP) is 6.17. The van der Waals surface area contributed by atoms with Gasteiger partial charge < -0.3 is 29.3 Å². The van der Waals surface area contributed by atoms with E-state index in [-0.39, 0.29) is 46.8 Å². The molecular weight excluding hydrogens is 616 g/mol. The highest BCUT2D eigenvalue weighted by Crippen LogP contribution is 2.89. The second-order valence-corrected chi connectivity index (χ2v) is 19.4. The number of carbonyl (C=O) groups excluding carboxylic acids is 1. The molecule has 272 valence electrons. The zero-order valence-corrected chi connectivity index (χ0v) is 31.1. The first-order chi connectivity index (χ1) is 23.1. The van der Waals surface area contributed by atoms with Gasteiger partial charge in [-0.15, -0.1) is 0 Å². The molecule has 49 heavy (non-hydrogen) atoms. The van der Waals surface area contributed by atoms with E-state index in [4.69, 9.17) is 14.2 Å². The fourth-order valence-electron chi connectivity index (χ4n) is 14.1. The minimum Gasteiger partial charge on any atom is -0.388 e. The molecule has 2 aliphatic heterocycles. The molecule has 8 rings (SSSR count). The number of morpholine rings is 1. The molecule has 1 aromatic rings. The second kappa shape index (κ2) is 11.5. The van der Waals surface area contributed by atoms with Gasteiger partial charge in [-0.2, -0.15) is 0 Å². The number of amides is 1. The molecule has 7 aliphatic rings. The Balaban J connectivity index is 0.967. The van der Waals surface area contributed by atoms with Crippen LogP contribution in [0.1, 0.15) is 112 Å². The third-order valence-corrected chi connectivity index (χ3v) is 16.5. The highest BCUT2D eigenvalue weighted by molar-refractivity contribution is 5.78. The summed E-state index contributed by atoms with van der Waals surface area (Å²) in [5.74, 6) is 2.37. The quantitative estimate of drug-likeness (QED) is 0.371. The van der Waals surface area contributed by atoms with Crippen molar-refractivity contribution in [3.05, 3.63) is 30.1 Å². The molecule has 0 aromatic carbocycles. The zero-order valence-electron chi connectivity index (χ0n) is 31.1. The van der Waals surface area contributed by atoms with Gasteiger partial charge in [-0.25, -0.2) is 0 Å². The second-order valence-electron chi connectivity index (χ2n) is 19.4. The summed E-state index contributed by atoms with van der Waals surface area (Å²) >= 11 is 0. The monoisotopic (exact) mass is 678 g/mol. The van der Waals surface area contributed by atoms with Crippen LogP contribution in [0.25, 0.3) is 0 Å². The maximum atomic E-state index is 13.2. The van der Waals surface area contributed by atoms with Gasteiger partial charge in [0.1, 0.15) is 6.10 Å². The number of hydrogen-bond donors (Lipinski definition) is 2. The third-order valence-electron chi connectivity index (χ3n) is 16.5. The lowest BCUT2D eigenvalue weighted by Crippen LogP contribution is -2.59. The molecule has 5 unspecified atom stereocenters. The number of fused-ring (bicyclic) bond motifs is 4. The van der Waals surface area contributed by atoms with E-state index in [9.17, 15) is 15.0 Å². The number of carbonyl (C=O) groups is 1. The molecule has 8 heteroatoms. The number of hydrogen-bond acceptors (Lipinski definition) is 7. The van der Waals surface area contributed by atoms with Crippen LogP contribution in [0.4, 0.5) is 0 Å². The zero-order chi connectivity index (χ0) is 34.8. The fourth-order valence-corrected chi connectivity index (χ4v) is 14.1. The average Bonchev–Trinajstić information content (AvgIpc) is 3.65. The first-order valence-electron chi connectivity index (χ1n) is 19.6. The number of aliphatic hydroxyl groups excluding tert-OH is 1. The highest BCUT2D eigenvalue weighted by Gasteiger charge is 2.83. The molecule has 3 heterocycles. The van der Waals surface area contributed by atoms with E-state index in [2.05, 4.69) is 39.6 Å². The van der Waals surface area contributed by atoms with E-state index in [0.29, 0.717) is 60.6 Å². The van der Waals surface area contributed by atoms with Gasteiger partial charge in [-0.3, -0.25) is 9.78 Å². The van der Waals surface area contributed by atoms with E-state index in [1.165, 1.54) is 38.5 Å². The topological polar surface area (TPSA) is 101 Å². The Labute approximate surface area is 294 Å². The van der Waals surface area contributed by atoms with Crippen molar-refractivity contribution < 1.29 is 29.2 Å². The summed E-state index contributed by atoms with van der Waals surface area (Å²) in [5.41, 5.74) is 0.883. The highest BCUT2D eigenvalue weighted by atomic mass is 16.7. The van der Waals surface area contributed by atoms with E-state index in [1.807, 2.05) is 23.1 Å². The minimum absolute atomic E-state index is 0.0275. The lowest BCUT2D eigenvalue weighted by molar-refractivity contribution is -0.246. The molecule has 2 spiro atoms. The van der Waals surface area contributed by atoms with Crippen LogP contribution in [-0.4, -0.2) is 82.0 Å². The summed E-state index contributed by atoms with van der Waals surface area (Å²) in [4.78, 5) is 19.4. The van der Waals surface area contributed by atoms with Gasteiger partial charge in [-0.1, -0.05) is 40.7 Å². The van der Waals surface area contributed by atoms with Crippen LogP contribution in [0.3, 0.4) is 0 Å². The SMILES string of the molecule is C[C@@H]1CC([C@H](O)C(C)(C)O)OC2C[C@@]3(C)[C@@H]4CCC5C(C)(C)[C@@H](OC6CN(C(=O)Cc7ccccn7)CCO6)CC[C@@]56C[C@@]46CC[C@]3(C)C21. The molecule has 2 N–H and O–H groups in total. The van der Waals surface area contributed by atoms with Gasteiger partial charge in [0, 0.05) is 18.4 Å². The van der Waals surface area contributed by atoms with Gasteiger partial charge in [0.05, 0.1) is 43.5 Å². The van der Waals surface area contributed by atoms with Crippen LogP contribution in [0.5, 0.6) is 0 Å². The summed E-state index contributed by atoms with van der Waals surface area (Å²) in [6, 6.07) is 5.72. The molecule has 7 fully saturated rings. The Bertz CT molecular complexity index is 1430. The normalized spacial score (nSPS) is 47.6. The number of rotatable bonds is 6. The van der Waals surface area contributed by atoms with E-state index >= 15 is 0 Å². The largest absolute Gasteiger partial charge is 0.388 e. The Morgan fingerprint density at radius 2 is 1.84 bits per heavy atom. The summed E-state index contributed by atoms with van der Waals surface area (Å²) in [6.45, 7) is 17.5. The summed E-state index contributed by atoms with van der Waals surface area (Å²) in [7, 11) is 0. The molecule has 5 aliphatic carbocycles. The molecule has 2 saturated heterocycles. The maximum absolute atomic E-state index is 13.2. The first-order valence-corrected chi connectivity index (χ1v) is 19.6. The van der Waals surface area contributed by atoms with Crippen molar-refractivity contribution in [3.8, 4) is 0 Å². The molecule has 8 nitrogen and oxygen atoms in total. The van der Waals surface area contributed by atoms with Gasteiger partial charge in [0.15, 0.2) is 6.29 Å². The Hall–Kier alpha value is -1.58. The molecule has 0 bridgehead atoms. The standard InChI is InChI=1S/C41H62N2O6/c1-25-20-27(35(45)37(4,5)46)48-28-22-39(7)30-12-11-29-36(2,3)31(13-14-40(29)24-41(30,40)16-15-38(39,6)34(25)28)49-33-23-43(18-19-47-33)32(44)21-26-10-8-9-17-42-26/h8-10,17,25,27-31,33-35,45-46H,11-16,18-24H2,1-7H3/t25-,27?,28?,29?,30+,31+,33?,34?,35+,38-,39+,40-,41+/m1/s1. The lowest BCUT2D eigenvalue weighted by atomic mass is 9.41. The molecule has 0 radical (unpaired) electrons. The maximum Gasteiger partial charge on any atom is 0.228 e. The van der Waals surface area contributed by atoms with Gasteiger partial charge in [0.2, 0.25) is 5.91 Å². The van der Waals surface area contributed by atoms with Crippen LogP contribution >= 0.6 is 0 Å². The Morgan fingerprint density at radius 1 is 1.08 bits per heavy atom. The van der Waals surface area contributed by atoms with Crippen LogP contribution in [0.15, 0.2) is 24.4 Å². The van der Waals surface area contributed by atoms with E-state index in [1.54, 1.807) is 20.0 Å². The summed E-state index contributed by atoms with van der Waals surface area (Å²) < 4.78 is 19.9. The van der Waals surface area contributed by atoms with Crippen molar-refractivity contribution in [2.75, 3.05) is 19.7 Å². The Kier molecular flexibility index (Phi) is 8.07. The number of aromatic nitrogens is 1. The first kappa shape index (κ1) is 34.5. The smallest absolute Gasteiger partial charge is 0.228 e. The number of ether oxygens (including phenoxy) is 3. The van der Waals surface area contributed by atoms with Crippen molar-refractivity contribution >= 4 is 5.91 Å². The third kappa shape index (κ3) is 4.99. The molecule has 13 atom stereocenters. The van der Waals surface area contributed by atoms with Gasteiger partial charge >= 0.3 is 0 Å². The predicted molar refractivity (Wildman–Crippen MR) is 186 cm³/mol. The number of nitrogens with zero attached hydrogens (tertiary/aromatic N) is 2. The van der Waals surface area contributed by atoms with Crippen LogP contribution in [-0.2, 0) is 25.4 Å². The average molecular weight is 679 g/mol. The van der Waals surface area contributed by atoms with Crippen molar-refractivity contribution in [1.82, 2.24) is 9.88 Å². The minimum atomic E-state index is -1.17. The molecule has 1 amide bonds.